The number of aliphatic hydroxyl groups excluding tert-OH is 1. The Morgan fingerprint density at radius 3 is 1.96 bits per heavy atom. The number of carbonyl (C=O) groups is 2. The number of esters is 1. The molecular formula is C22H36O4. The van der Waals surface area contributed by atoms with Crippen LogP contribution >= 0.6 is 0 Å². The molecule has 1 N–H and O–H groups in total. The van der Waals surface area contributed by atoms with Gasteiger partial charge in [0, 0.05) is 6.42 Å². The Balaban J connectivity index is 1.92. The third kappa shape index (κ3) is 9.79. The topological polar surface area (TPSA) is 63.6 Å². The highest BCUT2D eigenvalue weighted by Crippen LogP contribution is 2.18. The SMILES string of the molecule is CCCCCCCC/C=C/CCCCCCC/C(O)=C1/C(=O)COC1=O. The van der Waals surface area contributed by atoms with Crippen molar-refractivity contribution in [1.82, 2.24) is 0 Å². The van der Waals surface area contributed by atoms with Crippen molar-refractivity contribution < 1.29 is 19.4 Å². The normalized spacial score (nSPS) is 16.5. The predicted octanol–water partition coefficient (Wildman–Crippen LogP) is 5.96. The van der Waals surface area contributed by atoms with Gasteiger partial charge in [-0.3, -0.25) is 4.79 Å². The van der Waals surface area contributed by atoms with Crippen molar-refractivity contribution in [3.05, 3.63) is 23.5 Å². The number of allylic oxidation sites excluding steroid dienone is 3. The Bertz CT molecular complexity index is 459. The summed E-state index contributed by atoms with van der Waals surface area (Å²) in [5.74, 6) is -1.18. The number of carbonyl (C=O) groups excluding carboxylic acids is 2. The molecule has 1 saturated heterocycles. The smallest absolute Gasteiger partial charge is 0.345 e. The summed E-state index contributed by atoms with van der Waals surface area (Å²) in [5, 5.41) is 9.84. The molecule has 0 saturated carbocycles. The molecule has 0 aliphatic carbocycles. The lowest BCUT2D eigenvalue weighted by Gasteiger charge is -2.02. The minimum atomic E-state index is -0.680. The maximum absolute atomic E-state index is 11.4. The molecule has 0 radical (unpaired) electrons. The van der Waals surface area contributed by atoms with Gasteiger partial charge in [0.25, 0.3) is 0 Å². The third-order valence-electron chi connectivity index (χ3n) is 4.78. The van der Waals surface area contributed by atoms with Crippen LogP contribution in [0.4, 0.5) is 0 Å². The van der Waals surface area contributed by atoms with Gasteiger partial charge in [0.15, 0.2) is 6.61 Å². The lowest BCUT2D eigenvalue weighted by Crippen LogP contribution is -2.05. The van der Waals surface area contributed by atoms with Crippen LogP contribution in [-0.2, 0) is 14.3 Å². The number of Topliss-reactive ketones (excluding diaryl/α,β-unsaturated/α-hetero) is 1. The number of hydrogen-bond acceptors (Lipinski definition) is 4. The highest BCUT2D eigenvalue weighted by molar-refractivity contribution is 6.22. The number of cyclic esters (lactones) is 1. The average Bonchev–Trinajstić information content (AvgIpc) is 2.96. The molecule has 0 unspecified atom stereocenters. The molecule has 0 atom stereocenters. The van der Waals surface area contributed by atoms with Crippen LogP contribution in [0, 0.1) is 0 Å². The Morgan fingerprint density at radius 1 is 0.885 bits per heavy atom. The van der Waals surface area contributed by atoms with E-state index in [1.54, 1.807) is 0 Å². The van der Waals surface area contributed by atoms with E-state index in [0.29, 0.717) is 6.42 Å². The van der Waals surface area contributed by atoms with Crippen LogP contribution in [0.3, 0.4) is 0 Å². The Kier molecular flexibility index (Phi) is 12.6. The lowest BCUT2D eigenvalue weighted by molar-refractivity contribution is -0.135. The molecule has 0 aromatic carbocycles. The van der Waals surface area contributed by atoms with E-state index in [4.69, 9.17) is 0 Å². The predicted molar refractivity (Wildman–Crippen MR) is 105 cm³/mol. The van der Waals surface area contributed by atoms with Crippen molar-refractivity contribution in [3.8, 4) is 0 Å². The van der Waals surface area contributed by atoms with Gasteiger partial charge in [-0.1, -0.05) is 70.4 Å². The van der Waals surface area contributed by atoms with E-state index in [1.807, 2.05) is 0 Å². The third-order valence-corrected chi connectivity index (χ3v) is 4.78. The maximum Gasteiger partial charge on any atom is 0.345 e. The summed E-state index contributed by atoms with van der Waals surface area (Å²) < 4.78 is 4.61. The average molecular weight is 365 g/mol. The summed E-state index contributed by atoms with van der Waals surface area (Å²) in [6.45, 7) is 2.02. The van der Waals surface area contributed by atoms with Crippen LogP contribution in [-0.4, -0.2) is 23.5 Å². The van der Waals surface area contributed by atoms with Crippen molar-refractivity contribution in [2.75, 3.05) is 6.61 Å². The molecule has 0 amide bonds. The second-order valence-electron chi connectivity index (χ2n) is 7.16. The van der Waals surface area contributed by atoms with E-state index in [9.17, 15) is 14.7 Å². The summed E-state index contributed by atoms with van der Waals surface area (Å²) in [4.78, 5) is 22.7. The molecule has 0 aromatic rings. The molecule has 26 heavy (non-hydrogen) atoms. The van der Waals surface area contributed by atoms with Gasteiger partial charge in [-0.05, 0) is 32.1 Å². The fraction of sp³-hybridized carbons (Fsp3) is 0.727. The van der Waals surface area contributed by atoms with Gasteiger partial charge in [-0.25, -0.2) is 4.79 Å². The first kappa shape index (κ1) is 22.5. The quantitative estimate of drug-likeness (QED) is 0.0972. The van der Waals surface area contributed by atoms with Crippen molar-refractivity contribution >= 4 is 11.8 Å². The van der Waals surface area contributed by atoms with Gasteiger partial charge in [-0.2, -0.15) is 0 Å². The molecular weight excluding hydrogens is 328 g/mol. The van der Waals surface area contributed by atoms with Crippen LogP contribution in [0.25, 0.3) is 0 Å². The van der Waals surface area contributed by atoms with Crippen molar-refractivity contribution in [1.29, 1.82) is 0 Å². The van der Waals surface area contributed by atoms with Crippen LogP contribution in [0.5, 0.6) is 0 Å². The number of hydrogen-bond donors (Lipinski definition) is 1. The van der Waals surface area contributed by atoms with Crippen LogP contribution in [0.15, 0.2) is 23.5 Å². The number of ether oxygens (including phenoxy) is 1. The number of ketones is 1. The molecule has 1 rings (SSSR count). The van der Waals surface area contributed by atoms with Gasteiger partial charge >= 0.3 is 5.97 Å². The molecule has 1 heterocycles. The zero-order valence-electron chi connectivity index (χ0n) is 16.4. The van der Waals surface area contributed by atoms with Crippen LogP contribution in [0.1, 0.15) is 96.8 Å². The van der Waals surface area contributed by atoms with Gasteiger partial charge in [0.1, 0.15) is 11.3 Å². The number of aliphatic hydroxyl groups is 1. The van der Waals surface area contributed by atoms with Crippen molar-refractivity contribution in [2.45, 2.75) is 96.8 Å². The second kappa shape index (κ2) is 14.6. The standard InChI is InChI=1S/C22H36O4/c1-2-3-4-5-6-7-8-9-10-11-12-13-14-15-16-17-19(23)21-20(24)18-26-22(21)25/h9-10,23H,2-8,11-18H2,1H3/b10-9+,21-19+. The summed E-state index contributed by atoms with van der Waals surface area (Å²) in [6.07, 6.45) is 20.8. The molecule has 0 bridgehead atoms. The first-order valence-electron chi connectivity index (χ1n) is 10.4. The number of rotatable bonds is 15. The van der Waals surface area contributed by atoms with Gasteiger partial charge in [0.05, 0.1) is 0 Å². The molecule has 4 nitrogen and oxygen atoms in total. The van der Waals surface area contributed by atoms with E-state index < -0.39 is 11.8 Å². The number of unbranched alkanes of at least 4 members (excludes halogenated alkanes) is 11. The van der Waals surface area contributed by atoms with Gasteiger partial charge in [0.2, 0.25) is 5.78 Å². The molecule has 148 valence electrons. The largest absolute Gasteiger partial charge is 0.511 e. The summed E-state index contributed by atoms with van der Waals surface area (Å²) in [5.41, 5.74) is -0.138. The Morgan fingerprint density at radius 2 is 1.42 bits per heavy atom. The van der Waals surface area contributed by atoms with E-state index in [-0.39, 0.29) is 17.9 Å². The lowest BCUT2D eigenvalue weighted by atomic mass is 10.1. The first-order chi connectivity index (χ1) is 12.7. The van der Waals surface area contributed by atoms with Crippen LogP contribution < -0.4 is 0 Å². The van der Waals surface area contributed by atoms with E-state index in [1.165, 1.54) is 57.8 Å². The molecule has 1 aliphatic rings. The zero-order valence-corrected chi connectivity index (χ0v) is 16.4. The fourth-order valence-corrected chi connectivity index (χ4v) is 3.16. The Labute approximate surface area is 158 Å². The minimum absolute atomic E-state index is 0.102. The minimum Gasteiger partial charge on any atom is -0.511 e. The molecule has 1 aliphatic heterocycles. The summed E-state index contributed by atoms with van der Waals surface area (Å²) >= 11 is 0. The van der Waals surface area contributed by atoms with E-state index in [0.717, 1.165) is 25.7 Å². The van der Waals surface area contributed by atoms with Crippen molar-refractivity contribution in [3.63, 3.8) is 0 Å². The van der Waals surface area contributed by atoms with Crippen LogP contribution in [0.2, 0.25) is 0 Å². The first-order valence-corrected chi connectivity index (χ1v) is 10.4. The van der Waals surface area contributed by atoms with Gasteiger partial charge in [-0.15, -0.1) is 0 Å². The van der Waals surface area contributed by atoms with Crippen molar-refractivity contribution in [2.24, 2.45) is 0 Å². The van der Waals surface area contributed by atoms with E-state index >= 15 is 0 Å². The summed E-state index contributed by atoms with van der Waals surface area (Å²) in [7, 11) is 0. The van der Waals surface area contributed by atoms with Gasteiger partial charge < -0.3 is 9.84 Å². The highest BCUT2D eigenvalue weighted by atomic mass is 16.5. The fourth-order valence-electron chi connectivity index (χ4n) is 3.16. The monoisotopic (exact) mass is 364 g/mol. The highest BCUT2D eigenvalue weighted by Gasteiger charge is 2.31. The maximum atomic E-state index is 11.4. The zero-order chi connectivity index (χ0) is 19.0. The second-order valence-corrected chi connectivity index (χ2v) is 7.16. The molecule has 0 aromatic heterocycles. The molecule has 1 fully saturated rings. The molecule has 4 heteroatoms. The summed E-state index contributed by atoms with van der Waals surface area (Å²) in [6, 6.07) is 0. The molecule has 0 spiro atoms. The Hall–Kier alpha value is -1.58. The van der Waals surface area contributed by atoms with E-state index in [2.05, 4.69) is 23.8 Å².